The molecule has 3 nitrogen and oxygen atoms in total. The van der Waals surface area contributed by atoms with E-state index in [1.807, 2.05) is 6.07 Å². The SMILES string of the molecule is CCCC(NC(=O)CNC(C)CC)c1cccs1. The van der Waals surface area contributed by atoms with Crippen LogP contribution < -0.4 is 10.6 Å². The fourth-order valence-electron chi connectivity index (χ4n) is 1.72. The standard InChI is InChI=1S/C14H24N2OS/c1-4-7-12(13-8-6-9-18-13)16-14(17)10-15-11(3)5-2/h6,8-9,11-12,15H,4-5,7,10H2,1-3H3,(H,16,17). The van der Waals surface area contributed by atoms with E-state index in [4.69, 9.17) is 0 Å². The summed E-state index contributed by atoms with van der Waals surface area (Å²) >= 11 is 1.71. The van der Waals surface area contributed by atoms with Crippen molar-refractivity contribution in [1.29, 1.82) is 0 Å². The fraction of sp³-hybridized carbons (Fsp3) is 0.643. The highest BCUT2D eigenvalue weighted by molar-refractivity contribution is 7.10. The summed E-state index contributed by atoms with van der Waals surface area (Å²) in [6.45, 7) is 6.75. The Morgan fingerprint density at radius 3 is 2.78 bits per heavy atom. The number of nitrogens with one attached hydrogen (secondary N) is 2. The van der Waals surface area contributed by atoms with Gasteiger partial charge in [-0.05, 0) is 31.2 Å². The Morgan fingerprint density at radius 1 is 1.44 bits per heavy atom. The highest BCUT2D eigenvalue weighted by Crippen LogP contribution is 2.22. The molecule has 0 aliphatic heterocycles. The van der Waals surface area contributed by atoms with Crippen LogP contribution in [0.25, 0.3) is 0 Å². The van der Waals surface area contributed by atoms with E-state index in [1.165, 1.54) is 4.88 Å². The number of thiophene rings is 1. The van der Waals surface area contributed by atoms with E-state index in [0.717, 1.165) is 19.3 Å². The van der Waals surface area contributed by atoms with Gasteiger partial charge in [0.15, 0.2) is 0 Å². The number of carbonyl (C=O) groups excluding carboxylic acids is 1. The average molecular weight is 268 g/mol. The monoisotopic (exact) mass is 268 g/mol. The summed E-state index contributed by atoms with van der Waals surface area (Å²) in [5.41, 5.74) is 0. The third-order valence-corrected chi connectivity index (χ3v) is 4.01. The Balaban J connectivity index is 2.43. The molecular weight excluding hydrogens is 244 g/mol. The Bertz CT molecular complexity index is 338. The van der Waals surface area contributed by atoms with Gasteiger partial charge in [-0.2, -0.15) is 0 Å². The predicted octanol–water partition coefficient (Wildman–Crippen LogP) is 3.09. The van der Waals surface area contributed by atoms with Crippen LogP contribution in [0.1, 0.15) is 51.0 Å². The molecule has 0 aliphatic carbocycles. The molecule has 1 rings (SSSR count). The van der Waals surface area contributed by atoms with Crippen molar-refractivity contribution in [2.75, 3.05) is 6.54 Å². The van der Waals surface area contributed by atoms with E-state index in [-0.39, 0.29) is 11.9 Å². The number of hydrogen-bond acceptors (Lipinski definition) is 3. The van der Waals surface area contributed by atoms with E-state index in [0.29, 0.717) is 12.6 Å². The summed E-state index contributed by atoms with van der Waals surface area (Å²) in [5, 5.41) is 8.38. The van der Waals surface area contributed by atoms with E-state index in [9.17, 15) is 4.79 Å². The molecule has 0 radical (unpaired) electrons. The molecule has 0 saturated carbocycles. The van der Waals surface area contributed by atoms with Crippen molar-refractivity contribution in [2.24, 2.45) is 0 Å². The molecule has 0 aliphatic rings. The molecule has 0 spiro atoms. The molecule has 2 N–H and O–H groups in total. The molecule has 1 amide bonds. The summed E-state index contributed by atoms with van der Waals surface area (Å²) < 4.78 is 0. The zero-order valence-corrected chi connectivity index (χ0v) is 12.3. The lowest BCUT2D eigenvalue weighted by atomic mass is 10.1. The average Bonchev–Trinajstić information content (AvgIpc) is 2.89. The lowest BCUT2D eigenvalue weighted by molar-refractivity contribution is -0.121. The topological polar surface area (TPSA) is 41.1 Å². The number of hydrogen-bond donors (Lipinski definition) is 2. The normalized spacial score (nSPS) is 14.2. The van der Waals surface area contributed by atoms with Crippen LogP contribution in [0.3, 0.4) is 0 Å². The molecule has 0 bridgehead atoms. The molecule has 0 saturated heterocycles. The zero-order valence-electron chi connectivity index (χ0n) is 11.5. The molecule has 1 aromatic rings. The zero-order chi connectivity index (χ0) is 13.4. The van der Waals surface area contributed by atoms with Crippen molar-refractivity contribution in [3.63, 3.8) is 0 Å². The molecule has 0 fully saturated rings. The second kappa shape index (κ2) is 8.27. The molecule has 102 valence electrons. The Kier molecular flexibility index (Phi) is 6.98. The third kappa shape index (κ3) is 5.19. The van der Waals surface area contributed by atoms with Crippen LogP contribution in [0, 0.1) is 0 Å². The van der Waals surface area contributed by atoms with Crippen molar-refractivity contribution >= 4 is 17.2 Å². The van der Waals surface area contributed by atoms with Crippen molar-refractivity contribution in [3.8, 4) is 0 Å². The predicted molar refractivity (Wildman–Crippen MR) is 77.9 cm³/mol. The Labute approximate surface area is 114 Å². The summed E-state index contributed by atoms with van der Waals surface area (Å²) in [6.07, 6.45) is 3.10. The van der Waals surface area contributed by atoms with E-state index >= 15 is 0 Å². The second-order valence-corrected chi connectivity index (χ2v) is 5.59. The first-order valence-electron chi connectivity index (χ1n) is 6.73. The lowest BCUT2D eigenvalue weighted by Crippen LogP contribution is -2.39. The smallest absolute Gasteiger partial charge is 0.234 e. The summed E-state index contributed by atoms with van der Waals surface area (Å²) in [4.78, 5) is 13.1. The van der Waals surface area contributed by atoms with Crippen molar-refractivity contribution in [1.82, 2.24) is 10.6 Å². The molecule has 1 aromatic heterocycles. The minimum Gasteiger partial charge on any atom is -0.347 e. The van der Waals surface area contributed by atoms with Crippen LogP contribution in [0.4, 0.5) is 0 Å². The van der Waals surface area contributed by atoms with Gasteiger partial charge in [0.2, 0.25) is 5.91 Å². The van der Waals surface area contributed by atoms with Crippen LogP contribution in [0.2, 0.25) is 0 Å². The molecular formula is C14H24N2OS. The maximum atomic E-state index is 11.9. The van der Waals surface area contributed by atoms with Gasteiger partial charge in [-0.25, -0.2) is 0 Å². The summed E-state index contributed by atoms with van der Waals surface area (Å²) in [6, 6.07) is 4.68. The van der Waals surface area contributed by atoms with Crippen molar-refractivity contribution < 1.29 is 4.79 Å². The third-order valence-electron chi connectivity index (χ3n) is 3.02. The van der Waals surface area contributed by atoms with Crippen LogP contribution in [-0.4, -0.2) is 18.5 Å². The highest BCUT2D eigenvalue weighted by Gasteiger charge is 2.14. The molecule has 0 aromatic carbocycles. The van der Waals surface area contributed by atoms with Gasteiger partial charge in [-0.1, -0.05) is 26.3 Å². The van der Waals surface area contributed by atoms with Gasteiger partial charge in [-0.3, -0.25) is 4.79 Å². The quantitative estimate of drug-likeness (QED) is 0.760. The first-order chi connectivity index (χ1) is 8.67. The summed E-state index contributed by atoms with van der Waals surface area (Å²) in [7, 11) is 0. The van der Waals surface area contributed by atoms with Crippen molar-refractivity contribution in [3.05, 3.63) is 22.4 Å². The molecule has 18 heavy (non-hydrogen) atoms. The molecule has 4 heteroatoms. The lowest BCUT2D eigenvalue weighted by Gasteiger charge is -2.18. The summed E-state index contributed by atoms with van der Waals surface area (Å²) in [5.74, 6) is 0.0853. The van der Waals surface area contributed by atoms with Crippen LogP contribution in [0.15, 0.2) is 17.5 Å². The first-order valence-corrected chi connectivity index (χ1v) is 7.61. The second-order valence-electron chi connectivity index (χ2n) is 4.61. The van der Waals surface area contributed by atoms with Gasteiger partial charge >= 0.3 is 0 Å². The van der Waals surface area contributed by atoms with Crippen LogP contribution >= 0.6 is 11.3 Å². The van der Waals surface area contributed by atoms with Crippen LogP contribution in [0.5, 0.6) is 0 Å². The molecule has 1 heterocycles. The van der Waals surface area contributed by atoms with Crippen molar-refractivity contribution in [2.45, 2.75) is 52.1 Å². The minimum atomic E-state index is 0.0853. The van der Waals surface area contributed by atoms with Gasteiger partial charge in [0.25, 0.3) is 0 Å². The maximum Gasteiger partial charge on any atom is 0.234 e. The van der Waals surface area contributed by atoms with Crippen LogP contribution in [-0.2, 0) is 4.79 Å². The van der Waals surface area contributed by atoms with Gasteiger partial charge in [0.1, 0.15) is 0 Å². The highest BCUT2D eigenvalue weighted by atomic mass is 32.1. The van der Waals surface area contributed by atoms with E-state index in [2.05, 4.69) is 42.9 Å². The number of rotatable bonds is 8. The van der Waals surface area contributed by atoms with Gasteiger partial charge in [0, 0.05) is 10.9 Å². The Morgan fingerprint density at radius 2 is 2.22 bits per heavy atom. The number of carbonyl (C=O) groups is 1. The number of amides is 1. The fourth-order valence-corrected chi connectivity index (χ4v) is 2.53. The largest absolute Gasteiger partial charge is 0.347 e. The Hall–Kier alpha value is -0.870. The minimum absolute atomic E-state index is 0.0853. The van der Waals surface area contributed by atoms with E-state index < -0.39 is 0 Å². The maximum absolute atomic E-state index is 11.9. The van der Waals surface area contributed by atoms with Gasteiger partial charge in [0.05, 0.1) is 12.6 Å². The molecule has 2 unspecified atom stereocenters. The molecule has 2 atom stereocenters. The first kappa shape index (κ1) is 15.2. The van der Waals surface area contributed by atoms with E-state index in [1.54, 1.807) is 11.3 Å². The van der Waals surface area contributed by atoms with Gasteiger partial charge in [-0.15, -0.1) is 11.3 Å². The van der Waals surface area contributed by atoms with Gasteiger partial charge < -0.3 is 10.6 Å².